The summed E-state index contributed by atoms with van der Waals surface area (Å²) in [5.74, 6) is 1.45. The van der Waals surface area contributed by atoms with E-state index in [1.54, 1.807) is 0 Å². The molecular weight excluding hydrogens is 356 g/mol. The van der Waals surface area contributed by atoms with Crippen molar-refractivity contribution < 1.29 is 14.6 Å². The van der Waals surface area contributed by atoms with Crippen molar-refractivity contribution in [3.05, 3.63) is 40.2 Å². The van der Waals surface area contributed by atoms with Crippen molar-refractivity contribution >= 4 is 11.6 Å². The van der Waals surface area contributed by atoms with Crippen molar-refractivity contribution in [2.45, 2.75) is 25.7 Å². The molecule has 2 aromatic rings. The molecule has 0 aliphatic carbocycles. The van der Waals surface area contributed by atoms with E-state index in [0.717, 1.165) is 48.9 Å². The average molecular weight is 379 g/mol. The standard InChI is InChI=1S/C18H23ClN4O3/c1-21(2)10-16(24)15-6-13-9-22(3-4-23(13)20-15)8-12-5-17-18(7-14(12)19)26-11-25-17/h5-7,16,24H,3-4,8-11H2,1-2H3. The van der Waals surface area contributed by atoms with E-state index >= 15 is 0 Å². The van der Waals surface area contributed by atoms with Gasteiger partial charge in [0.1, 0.15) is 6.10 Å². The van der Waals surface area contributed by atoms with Crippen molar-refractivity contribution in [3.8, 4) is 11.5 Å². The van der Waals surface area contributed by atoms with Crippen LogP contribution in [-0.2, 0) is 19.6 Å². The molecule has 0 saturated carbocycles. The Morgan fingerprint density at radius 3 is 2.77 bits per heavy atom. The minimum absolute atomic E-state index is 0.246. The summed E-state index contributed by atoms with van der Waals surface area (Å²) >= 11 is 6.40. The van der Waals surface area contributed by atoms with E-state index in [-0.39, 0.29) is 6.79 Å². The molecule has 1 aromatic carbocycles. The number of nitrogens with zero attached hydrogens (tertiary/aromatic N) is 4. The Morgan fingerprint density at radius 1 is 1.23 bits per heavy atom. The summed E-state index contributed by atoms with van der Waals surface area (Å²) in [4.78, 5) is 4.28. The second-order valence-corrected chi connectivity index (χ2v) is 7.48. The molecular formula is C18H23ClN4O3. The number of fused-ring (bicyclic) bond motifs is 2. The number of rotatable bonds is 5. The Hall–Kier alpha value is -1.80. The summed E-state index contributed by atoms with van der Waals surface area (Å²) in [6, 6.07) is 5.79. The van der Waals surface area contributed by atoms with Crippen LogP contribution < -0.4 is 9.47 Å². The lowest BCUT2D eigenvalue weighted by Crippen LogP contribution is -2.33. The van der Waals surface area contributed by atoms with Gasteiger partial charge in [0.05, 0.1) is 17.9 Å². The quantitative estimate of drug-likeness (QED) is 0.857. The second-order valence-electron chi connectivity index (χ2n) is 7.07. The molecule has 0 spiro atoms. The molecule has 2 aliphatic rings. The number of hydrogen-bond acceptors (Lipinski definition) is 6. The number of benzene rings is 1. The fourth-order valence-corrected chi connectivity index (χ4v) is 3.61. The molecule has 0 saturated heterocycles. The average Bonchev–Trinajstić information content (AvgIpc) is 3.20. The number of aliphatic hydroxyl groups is 1. The first-order valence-electron chi connectivity index (χ1n) is 8.69. The van der Waals surface area contributed by atoms with Gasteiger partial charge in [-0.2, -0.15) is 5.10 Å². The van der Waals surface area contributed by atoms with Crippen molar-refractivity contribution in [3.63, 3.8) is 0 Å². The molecule has 140 valence electrons. The van der Waals surface area contributed by atoms with Gasteiger partial charge in [0.25, 0.3) is 0 Å². The van der Waals surface area contributed by atoms with Gasteiger partial charge in [-0.3, -0.25) is 9.58 Å². The minimum Gasteiger partial charge on any atom is -0.454 e. The third-order valence-corrected chi connectivity index (χ3v) is 5.06. The smallest absolute Gasteiger partial charge is 0.231 e. The van der Waals surface area contributed by atoms with Crippen LogP contribution in [-0.4, -0.2) is 58.7 Å². The Morgan fingerprint density at radius 2 is 2.00 bits per heavy atom. The van der Waals surface area contributed by atoms with Gasteiger partial charge in [0.15, 0.2) is 11.5 Å². The molecule has 0 amide bonds. The van der Waals surface area contributed by atoms with E-state index in [9.17, 15) is 5.11 Å². The van der Waals surface area contributed by atoms with Crippen molar-refractivity contribution in [2.75, 3.05) is 34.0 Å². The predicted molar refractivity (Wildman–Crippen MR) is 97.4 cm³/mol. The lowest BCUT2D eigenvalue weighted by atomic mass is 10.1. The molecule has 0 bridgehead atoms. The van der Waals surface area contributed by atoms with Crippen LogP contribution in [0.4, 0.5) is 0 Å². The molecule has 3 heterocycles. The van der Waals surface area contributed by atoms with E-state index in [1.807, 2.05) is 41.9 Å². The zero-order valence-electron chi connectivity index (χ0n) is 15.0. The molecule has 0 radical (unpaired) electrons. The zero-order valence-corrected chi connectivity index (χ0v) is 15.7. The van der Waals surface area contributed by atoms with Crippen LogP contribution in [0, 0.1) is 0 Å². The Labute approximate surface area is 157 Å². The first-order valence-corrected chi connectivity index (χ1v) is 9.07. The highest BCUT2D eigenvalue weighted by atomic mass is 35.5. The molecule has 1 aromatic heterocycles. The van der Waals surface area contributed by atoms with Gasteiger partial charge in [0.2, 0.25) is 6.79 Å². The maximum atomic E-state index is 10.3. The van der Waals surface area contributed by atoms with E-state index in [4.69, 9.17) is 21.1 Å². The Kier molecular flexibility index (Phi) is 4.79. The summed E-state index contributed by atoms with van der Waals surface area (Å²) in [5, 5.41) is 15.5. The van der Waals surface area contributed by atoms with Gasteiger partial charge in [-0.25, -0.2) is 0 Å². The van der Waals surface area contributed by atoms with Crippen molar-refractivity contribution in [1.29, 1.82) is 0 Å². The van der Waals surface area contributed by atoms with Crippen LogP contribution in [0.3, 0.4) is 0 Å². The molecule has 1 unspecified atom stereocenters. The van der Waals surface area contributed by atoms with Gasteiger partial charge in [0, 0.05) is 37.3 Å². The lowest BCUT2D eigenvalue weighted by Gasteiger charge is -2.27. The molecule has 4 rings (SSSR count). The topological polar surface area (TPSA) is 63.0 Å². The molecule has 26 heavy (non-hydrogen) atoms. The molecule has 0 fully saturated rings. The minimum atomic E-state index is -0.570. The highest BCUT2D eigenvalue weighted by Crippen LogP contribution is 2.37. The molecule has 8 heteroatoms. The van der Waals surface area contributed by atoms with Gasteiger partial charge < -0.3 is 19.5 Å². The summed E-state index contributed by atoms with van der Waals surface area (Å²) in [7, 11) is 3.88. The Balaban J connectivity index is 1.46. The van der Waals surface area contributed by atoms with Crippen molar-refractivity contribution in [2.24, 2.45) is 0 Å². The molecule has 1 N–H and O–H groups in total. The van der Waals surface area contributed by atoms with Crippen LogP contribution in [0.2, 0.25) is 5.02 Å². The summed E-state index contributed by atoms with van der Waals surface area (Å²) in [6.45, 7) is 3.99. The highest BCUT2D eigenvalue weighted by Gasteiger charge is 2.23. The van der Waals surface area contributed by atoms with Gasteiger partial charge in [-0.05, 0) is 31.8 Å². The fourth-order valence-electron chi connectivity index (χ4n) is 3.40. The van der Waals surface area contributed by atoms with Crippen LogP contribution in [0.25, 0.3) is 0 Å². The van der Waals surface area contributed by atoms with Gasteiger partial charge in [-0.1, -0.05) is 11.6 Å². The zero-order chi connectivity index (χ0) is 18.3. The summed E-state index contributed by atoms with van der Waals surface area (Å²) < 4.78 is 12.8. The van der Waals surface area contributed by atoms with E-state index in [2.05, 4.69) is 10.00 Å². The van der Waals surface area contributed by atoms with Crippen LogP contribution in [0.15, 0.2) is 18.2 Å². The fraction of sp³-hybridized carbons (Fsp3) is 0.500. The molecule has 2 aliphatic heterocycles. The number of halogens is 1. The second kappa shape index (κ2) is 7.08. The van der Waals surface area contributed by atoms with Crippen LogP contribution in [0.1, 0.15) is 23.1 Å². The maximum Gasteiger partial charge on any atom is 0.231 e. The normalized spacial score (nSPS) is 17.6. The van der Waals surface area contributed by atoms with Gasteiger partial charge >= 0.3 is 0 Å². The third-order valence-electron chi connectivity index (χ3n) is 4.71. The number of hydrogen-bond donors (Lipinski definition) is 1. The monoisotopic (exact) mass is 378 g/mol. The third kappa shape index (κ3) is 3.53. The largest absolute Gasteiger partial charge is 0.454 e. The van der Waals surface area contributed by atoms with Crippen molar-refractivity contribution in [1.82, 2.24) is 19.6 Å². The van der Waals surface area contributed by atoms with Gasteiger partial charge in [-0.15, -0.1) is 0 Å². The molecule has 7 nitrogen and oxygen atoms in total. The first kappa shape index (κ1) is 17.6. The highest BCUT2D eigenvalue weighted by molar-refractivity contribution is 6.31. The number of ether oxygens (including phenoxy) is 2. The predicted octanol–water partition coefficient (Wildman–Crippen LogP) is 1.88. The molecule has 1 atom stereocenters. The summed E-state index contributed by atoms with van der Waals surface area (Å²) in [6.07, 6.45) is -0.570. The van der Waals surface area contributed by atoms with E-state index in [0.29, 0.717) is 17.3 Å². The Bertz CT molecular complexity index is 808. The SMILES string of the molecule is CN(C)CC(O)c1cc2n(n1)CCN(Cc1cc3c(cc1Cl)OCO3)C2. The number of likely N-dealkylation sites (N-methyl/N-ethyl adjacent to an activating group) is 1. The van der Waals surface area contributed by atoms with E-state index in [1.165, 1.54) is 0 Å². The number of aliphatic hydroxyl groups excluding tert-OH is 1. The maximum absolute atomic E-state index is 10.3. The summed E-state index contributed by atoms with van der Waals surface area (Å²) in [5.41, 5.74) is 2.87. The number of aromatic nitrogens is 2. The van der Waals surface area contributed by atoms with Crippen LogP contribution in [0.5, 0.6) is 11.5 Å². The lowest BCUT2D eigenvalue weighted by molar-refractivity contribution is 0.133. The first-order chi connectivity index (χ1) is 12.5. The van der Waals surface area contributed by atoms with Crippen LogP contribution >= 0.6 is 11.6 Å². The van der Waals surface area contributed by atoms with E-state index < -0.39 is 6.10 Å².